The molecule has 0 aliphatic heterocycles. The topological polar surface area (TPSA) is 99.8 Å². The van der Waals surface area contributed by atoms with Crippen LogP contribution >= 0.6 is 0 Å². The molecule has 90 valence electrons. The van der Waals surface area contributed by atoms with Crippen LogP contribution in [0.3, 0.4) is 0 Å². The Labute approximate surface area is 98.9 Å². The summed E-state index contributed by atoms with van der Waals surface area (Å²) in [6, 6.07) is 9.61. The molecule has 6 nitrogen and oxygen atoms in total. The van der Waals surface area contributed by atoms with E-state index in [0.29, 0.717) is 5.95 Å². The Morgan fingerprint density at radius 2 is 2.12 bits per heavy atom. The van der Waals surface area contributed by atoms with Gasteiger partial charge in [-0.15, -0.1) is 5.10 Å². The van der Waals surface area contributed by atoms with Gasteiger partial charge in [-0.05, 0) is 12.5 Å². The van der Waals surface area contributed by atoms with Crippen LogP contribution in [0.1, 0.15) is 12.5 Å². The van der Waals surface area contributed by atoms with E-state index in [0.717, 1.165) is 5.56 Å². The fourth-order valence-corrected chi connectivity index (χ4v) is 1.59. The van der Waals surface area contributed by atoms with E-state index in [4.69, 9.17) is 5.73 Å². The molecule has 0 saturated carbocycles. The number of nitrogen functional groups attached to an aromatic ring is 1. The number of rotatable bonds is 4. The standard InChI is InChI=1S/C11H15N5O/c1-11(7-17,8-5-3-2-4-6-8)14-10-13-9(12)15-16-10/h2-6,17H,7H2,1H3,(H4,12,13,14,15,16). The molecule has 1 unspecified atom stereocenters. The van der Waals surface area contributed by atoms with Gasteiger partial charge >= 0.3 is 0 Å². The second-order valence-electron chi connectivity index (χ2n) is 4.03. The molecule has 0 fully saturated rings. The highest BCUT2D eigenvalue weighted by atomic mass is 16.3. The largest absolute Gasteiger partial charge is 0.394 e. The lowest BCUT2D eigenvalue weighted by atomic mass is 9.93. The summed E-state index contributed by atoms with van der Waals surface area (Å²) in [5.41, 5.74) is 5.75. The number of nitrogens with two attached hydrogens (primary N) is 1. The van der Waals surface area contributed by atoms with Crippen molar-refractivity contribution < 1.29 is 5.11 Å². The molecule has 0 spiro atoms. The van der Waals surface area contributed by atoms with Gasteiger partial charge in [0.1, 0.15) is 0 Å². The van der Waals surface area contributed by atoms with Crippen molar-refractivity contribution in [2.45, 2.75) is 12.5 Å². The average Bonchev–Trinajstić information content (AvgIpc) is 2.75. The number of nitrogens with zero attached hydrogens (tertiary/aromatic N) is 2. The Bertz CT molecular complexity index is 484. The Balaban J connectivity index is 2.26. The number of benzene rings is 1. The van der Waals surface area contributed by atoms with Gasteiger partial charge < -0.3 is 16.2 Å². The number of anilines is 2. The number of hydrogen-bond acceptors (Lipinski definition) is 5. The average molecular weight is 233 g/mol. The van der Waals surface area contributed by atoms with Gasteiger partial charge in [0.05, 0.1) is 12.1 Å². The first kappa shape index (κ1) is 11.4. The highest BCUT2D eigenvalue weighted by molar-refractivity contribution is 5.38. The van der Waals surface area contributed by atoms with Crippen LogP contribution in [0.15, 0.2) is 30.3 Å². The van der Waals surface area contributed by atoms with Crippen molar-refractivity contribution in [2.75, 3.05) is 17.7 Å². The quantitative estimate of drug-likeness (QED) is 0.623. The van der Waals surface area contributed by atoms with E-state index in [1.165, 1.54) is 0 Å². The molecule has 0 aliphatic carbocycles. The molecule has 1 heterocycles. The maximum absolute atomic E-state index is 9.55. The Morgan fingerprint density at radius 1 is 1.41 bits per heavy atom. The molecule has 1 atom stereocenters. The van der Waals surface area contributed by atoms with Crippen molar-refractivity contribution in [3.05, 3.63) is 35.9 Å². The molecule has 1 aromatic carbocycles. The van der Waals surface area contributed by atoms with Gasteiger partial charge in [-0.2, -0.15) is 4.98 Å². The minimum atomic E-state index is -0.643. The molecule has 2 aromatic rings. The van der Waals surface area contributed by atoms with Crippen molar-refractivity contribution in [2.24, 2.45) is 0 Å². The smallest absolute Gasteiger partial charge is 0.244 e. The monoisotopic (exact) mass is 233 g/mol. The minimum Gasteiger partial charge on any atom is -0.394 e. The van der Waals surface area contributed by atoms with Crippen LogP contribution in [0.25, 0.3) is 0 Å². The molecule has 1 aromatic heterocycles. The van der Waals surface area contributed by atoms with Crippen molar-refractivity contribution in [3.63, 3.8) is 0 Å². The van der Waals surface area contributed by atoms with Crippen molar-refractivity contribution in [1.82, 2.24) is 15.2 Å². The predicted octanol–water partition coefficient (Wildman–Crippen LogP) is 0.706. The number of nitrogens with one attached hydrogen (secondary N) is 2. The first-order chi connectivity index (χ1) is 8.14. The van der Waals surface area contributed by atoms with Gasteiger partial charge in [0.15, 0.2) is 0 Å². The number of hydrogen-bond donors (Lipinski definition) is 4. The van der Waals surface area contributed by atoms with Crippen molar-refractivity contribution >= 4 is 11.9 Å². The van der Waals surface area contributed by atoms with Gasteiger partial charge in [0.2, 0.25) is 11.9 Å². The van der Waals surface area contributed by atoms with Crippen LogP contribution < -0.4 is 11.1 Å². The first-order valence-corrected chi connectivity index (χ1v) is 5.26. The molecule has 0 amide bonds. The third kappa shape index (κ3) is 2.36. The minimum absolute atomic E-state index is 0.0779. The second kappa shape index (κ2) is 4.42. The van der Waals surface area contributed by atoms with E-state index in [1.807, 2.05) is 37.3 Å². The number of aromatic amines is 1. The normalized spacial score (nSPS) is 14.2. The zero-order chi connectivity index (χ0) is 12.3. The highest BCUT2D eigenvalue weighted by Gasteiger charge is 2.26. The van der Waals surface area contributed by atoms with E-state index in [9.17, 15) is 5.11 Å². The number of aliphatic hydroxyl groups is 1. The van der Waals surface area contributed by atoms with Gasteiger partial charge in [-0.1, -0.05) is 30.3 Å². The fourth-order valence-electron chi connectivity index (χ4n) is 1.59. The van der Waals surface area contributed by atoms with Gasteiger partial charge in [-0.25, -0.2) is 5.10 Å². The van der Waals surface area contributed by atoms with Crippen LogP contribution in [-0.4, -0.2) is 26.9 Å². The second-order valence-corrected chi connectivity index (χ2v) is 4.03. The predicted molar refractivity (Wildman–Crippen MR) is 65.3 cm³/mol. The van der Waals surface area contributed by atoms with Crippen molar-refractivity contribution in [3.8, 4) is 0 Å². The van der Waals surface area contributed by atoms with Crippen LogP contribution in [-0.2, 0) is 5.54 Å². The summed E-state index contributed by atoms with van der Waals surface area (Å²) >= 11 is 0. The highest BCUT2D eigenvalue weighted by Crippen LogP contribution is 2.23. The Kier molecular flexibility index (Phi) is 2.97. The van der Waals surface area contributed by atoms with Crippen LogP contribution in [0.2, 0.25) is 0 Å². The summed E-state index contributed by atoms with van der Waals surface area (Å²) in [6.07, 6.45) is 0. The maximum atomic E-state index is 9.55. The number of aromatic nitrogens is 3. The molecule has 5 N–H and O–H groups in total. The van der Waals surface area contributed by atoms with Gasteiger partial charge in [-0.3, -0.25) is 0 Å². The molecule has 17 heavy (non-hydrogen) atoms. The zero-order valence-electron chi connectivity index (χ0n) is 9.51. The van der Waals surface area contributed by atoms with E-state index in [-0.39, 0.29) is 12.6 Å². The molecule has 6 heteroatoms. The van der Waals surface area contributed by atoms with E-state index in [1.54, 1.807) is 0 Å². The molecule has 0 aliphatic rings. The lowest BCUT2D eigenvalue weighted by Gasteiger charge is -2.28. The molecular formula is C11H15N5O. The summed E-state index contributed by atoms with van der Waals surface area (Å²) in [5.74, 6) is 0.601. The molecule has 2 rings (SSSR count). The number of H-pyrrole nitrogens is 1. The maximum Gasteiger partial charge on any atom is 0.244 e. The molecule has 0 saturated heterocycles. The summed E-state index contributed by atoms with van der Waals surface area (Å²) in [4.78, 5) is 3.96. The van der Waals surface area contributed by atoms with E-state index < -0.39 is 5.54 Å². The Morgan fingerprint density at radius 3 is 2.65 bits per heavy atom. The Hall–Kier alpha value is -2.08. The summed E-state index contributed by atoms with van der Waals surface area (Å²) in [6.45, 7) is 1.79. The van der Waals surface area contributed by atoms with Crippen LogP contribution in [0, 0.1) is 0 Å². The molecule has 0 radical (unpaired) electrons. The van der Waals surface area contributed by atoms with Gasteiger partial charge in [0.25, 0.3) is 0 Å². The molecule has 0 bridgehead atoms. The van der Waals surface area contributed by atoms with Gasteiger partial charge in [0, 0.05) is 0 Å². The van der Waals surface area contributed by atoms with Crippen molar-refractivity contribution in [1.29, 1.82) is 0 Å². The summed E-state index contributed by atoms with van der Waals surface area (Å²) in [7, 11) is 0. The number of aliphatic hydroxyl groups excluding tert-OH is 1. The lowest BCUT2D eigenvalue weighted by molar-refractivity contribution is 0.223. The third-order valence-electron chi connectivity index (χ3n) is 2.62. The lowest BCUT2D eigenvalue weighted by Crippen LogP contribution is -2.36. The fraction of sp³-hybridized carbons (Fsp3) is 0.273. The van der Waals surface area contributed by atoms with Crippen LogP contribution in [0.4, 0.5) is 11.9 Å². The SMILES string of the molecule is CC(CO)(Nc1n[nH]c(N)n1)c1ccccc1. The summed E-state index contributed by atoms with van der Waals surface area (Å²) < 4.78 is 0. The zero-order valence-corrected chi connectivity index (χ0v) is 9.51. The molecular weight excluding hydrogens is 218 g/mol. The van der Waals surface area contributed by atoms with E-state index in [2.05, 4.69) is 20.5 Å². The first-order valence-electron chi connectivity index (χ1n) is 5.26. The van der Waals surface area contributed by atoms with E-state index >= 15 is 0 Å². The third-order valence-corrected chi connectivity index (χ3v) is 2.62. The van der Waals surface area contributed by atoms with Crippen LogP contribution in [0.5, 0.6) is 0 Å². The summed E-state index contributed by atoms with van der Waals surface area (Å²) in [5, 5.41) is 19.0.